The number of fused-ring (bicyclic) bond motifs is 2. The average molecular weight is 436 g/mol. The van der Waals surface area contributed by atoms with E-state index in [1.807, 2.05) is 13.1 Å². The molecular formula is C23H22F2N6O. The van der Waals surface area contributed by atoms with Gasteiger partial charge >= 0.3 is 0 Å². The summed E-state index contributed by atoms with van der Waals surface area (Å²) in [6.07, 6.45) is 8.01. The molecule has 1 aliphatic carbocycles. The number of alkyl halides is 1. The van der Waals surface area contributed by atoms with Crippen LogP contribution in [-0.4, -0.2) is 48.4 Å². The Bertz CT molecular complexity index is 1420. The number of nitrogens with zero attached hydrogens (tertiary/aromatic N) is 5. The number of halogens is 2. The Morgan fingerprint density at radius 2 is 1.91 bits per heavy atom. The highest BCUT2D eigenvalue weighted by atomic mass is 19.1. The number of hydrogen-bond donors (Lipinski definition) is 1. The van der Waals surface area contributed by atoms with Crippen LogP contribution in [-0.2, 0) is 5.67 Å². The van der Waals surface area contributed by atoms with Gasteiger partial charge in [0.15, 0.2) is 5.67 Å². The molecule has 1 aliphatic heterocycles. The lowest BCUT2D eigenvalue weighted by molar-refractivity contribution is 0.0451. The zero-order valence-corrected chi connectivity index (χ0v) is 17.6. The van der Waals surface area contributed by atoms with Gasteiger partial charge in [0.05, 0.1) is 11.1 Å². The minimum Gasteiger partial charge on any atom is -0.307 e. The van der Waals surface area contributed by atoms with Gasteiger partial charge in [0.1, 0.15) is 17.2 Å². The molecule has 1 saturated carbocycles. The first-order valence-electron chi connectivity index (χ1n) is 10.9. The van der Waals surface area contributed by atoms with Crippen molar-refractivity contribution < 1.29 is 8.78 Å². The highest BCUT2D eigenvalue weighted by Gasteiger charge is 2.42. The number of benzene rings is 1. The van der Waals surface area contributed by atoms with Crippen LogP contribution in [0.25, 0.3) is 27.8 Å². The molecule has 0 radical (unpaired) electrons. The van der Waals surface area contributed by atoms with Gasteiger partial charge in [-0.25, -0.2) is 23.7 Å². The molecular weight excluding hydrogens is 414 g/mol. The van der Waals surface area contributed by atoms with Gasteiger partial charge in [-0.05, 0) is 37.5 Å². The molecule has 0 amide bonds. The fraction of sp³-hybridized carbons (Fsp3) is 0.391. The van der Waals surface area contributed by atoms with Gasteiger partial charge in [-0.3, -0.25) is 9.20 Å². The Labute approximate surface area is 182 Å². The van der Waals surface area contributed by atoms with Crippen LogP contribution in [0.2, 0.25) is 0 Å². The average Bonchev–Trinajstić information content (AvgIpc) is 3.55. The van der Waals surface area contributed by atoms with Crippen LogP contribution in [0.5, 0.6) is 0 Å². The quantitative estimate of drug-likeness (QED) is 0.532. The van der Waals surface area contributed by atoms with Crippen molar-refractivity contribution in [3.05, 3.63) is 58.4 Å². The van der Waals surface area contributed by atoms with E-state index in [1.54, 1.807) is 22.9 Å². The van der Waals surface area contributed by atoms with E-state index in [2.05, 4.69) is 24.8 Å². The second-order valence-corrected chi connectivity index (χ2v) is 8.93. The number of nitrogens with one attached hydrogen (secondary N) is 1. The minimum atomic E-state index is -1.75. The summed E-state index contributed by atoms with van der Waals surface area (Å²) < 4.78 is 32.5. The summed E-state index contributed by atoms with van der Waals surface area (Å²) in [4.78, 5) is 30.6. The molecule has 3 aromatic heterocycles. The maximum absolute atomic E-state index is 15.7. The SMILES string of the molecule is Cc1cn2cc(-c3cc(F)c4nc(C5(F)CCN(C6CC6)CC5)[nH]c(=O)c4c3)cnc2n1. The number of H-pyrrole nitrogens is 1. The zero-order chi connectivity index (χ0) is 22.0. The highest BCUT2D eigenvalue weighted by molar-refractivity contribution is 5.84. The fourth-order valence-corrected chi connectivity index (χ4v) is 4.65. The predicted octanol–water partition coefficient (Wildman–Crippen LogP) is 3.50. The van der Waals surface area contributed by atoms with E-state index >= 15 is 8.78 Å². The van der Waals surface area contributed by atoms with Crippen LogP contribution in [0.15, 0.2) is 35.5 Å². The van der Waals surface area contributed by atoms with Gasteiger partial charge in [0.2, 0.25) is 5.78 Å². The Hall–Kier alpha value is -3.20. The van der Waals surface area contributed by atoms with Crippen LogP contribution in [0.3, 0.4) is 0 Å². The topological polar surface area (TPSA) is 79.2 Å². The molecule has 164 valence electrons. The zero-order valence-electron chi connectivity index (χ0n) is 17.6. The number of likely N-dealkylation sites (tertiary alicyclic amines) is 1. The van der Waals surface area contributed by atoms with Crippen LogP contribution < -0.4 is 5.56 Å². The van der Waals surface area contributed by atoms with Gasteiger partial charge in [0, 0.05) is 56.1 Å². The number of aromatic nitrogens is 5. The van der Waals surface area contributed by atoms with Crippen molar-refractivity contribution in [2.75, 3.05) is 13.1 Å². The standard InChI is InChI=1S/C23H22F2N6O/c1-13-11-31-12-15(10-26-22(31)27-13)14-8-17-19(18(24)9-14)28-21(29-20(17)32)23(25)4-6-30(7-5-23)16-2-3-16/h8-12,16H,2-7H2,1H3,(H,28,29,32). The van der Waals surface area contributed by atoms with Gasteiger partial charge in [-0.1, -0.05) is 0 Å². The van der Waals surface area contributed by atoms with Crippen molar-refractivity contribution >= 4 is 16.7 Å². The van der Waals surface area contributed by atoms with Crippen LogP contribution >= 0.6 is 0 Å². The molecule has 2 aliphatic rings. The molecule has 0 unspecified atom stereocenters. The summed E-state index contributed by atoms with van der Waals surface area (Å²) >= 11 is 0. The molecule has 1 aromatic carbocycles. The number of imidazole rings is 1. The summed E-state index contributed by atoms with van der Waals surface area (Å²) in [5, 5.41) is 0.0877. The fourth-order valence-electron chi connectivity index (χ4n) is 4.65. The van der Waals surface area contributed by atoms with Gasteiger partial charge in [-0.15, -0.1) is 0 Å². The molecule has 4 heterocycles. The van der Waals surface area contributed by atoms with Crippen LogP contribution in [0.1, 0.15) is 37.2 Å². The van der Waals surface area contributed by atoms with Gasteiger partial charge in [-0.2, -0.15) is 0 Å². The summed E-state index contributed by atoms with van der Waals surface area (Å²) in [6.45, 7) is 3.10. The van der Waals surface area contributed by atoms with Crippen molar-refractivity contribution in [3.63, 3.8) is 0 Å². The first-order valence-corrected chi connectivity index (χ1v) is 10.9. The Morgan fingerprint density at radius 1 is 1.12 bits per heavy atom. The molecule has 32 heavy (non-hydrogen) atoms. The van der Waals surface area contributed by atoms with Gasteiger partial charge < -0.3 is 9.88 Å². The molecule has 2 fully saturated rings. The summed E-state index contributed by atoms with van der Waals surface area (Å²) in [5.74, 6) is -0.197. The first kappa shape index (κ1) is 19.5. The third-order valence-corrected chi connectivity index (χ3v) is 6.61. The largest absolute Gasteiger partial charge is 0.307 e. The van der Waals surface area contributed by atoms with E-state index in [0.29, 0.717) is 36.0 Å². The molecule has 0 spiro atoms. The molecule has 7 nitrogen and oxygen atoms in total. The van der Waals surface area contributed by atoms with Crippen molar-refractivity contribution in [2.24, 2.45) is 0 Å². The normalized spacial score (nSPS) is 19.1. The summed E-state index contributed by atoms with van der Waals surface area (Å²) in [7, 11) is 0. The van der Waals surface area contributed by atoms with Crippen molar-refractivity contribution in [3.8, 4) is 11.1 Å². The number of hydrogen-bond acceptors (Lipinski definition) is 5. The summed E-state index contributed by atoms with van der Waals surface area (Å²) in [5.41, 5.74) is -0.466. The van der Waals surface area contributed by atoms with Gasteiger partial charge in [0.25, 0.3) is 5.56 Å². The third-order valence-electron chi connectivity index (χ3n) is 6.61. The maximum Gasteiger partial charge on any atom is 0.258 e. The van der Waals surface area contributed by atoms with E-state index in [4.69, 9.17) is 0 Å². The molecule has 1 saturated heterocycles. The lowest BCUT2D eigenvalue weighted by atomic mass is 9.92. The number of piperidine rings is 1. The van der Waals surface area contributed by atoms with Crippen LogP contribution in [0.4, 0.5) is 8.78 Å². The Balaban J connectivity index is 1.39. The third kappa shape index (κ3) is 3.19. The second-order valence-electron chi connectivity index (χ2n) is 8.93. The highest BCUT2D eigenvalue weighted by Crippen LogP contribution is 2.39. The van der Waals surface area contributed by atoms with Crippen LogP contribution in [0, 0.1) is 12.7 Å². The Kier molecular flexibility index (Phi) is 4.20. The monoisotopic (exact) mass is 436 g/mol. The maximum atomic E-state index is 15.7. The van der Waals surface area contributed by atoms with E-state index in [1.165, 1.54) is 18.9 Å². The van der Waals surface area contributed by atoms with E-state index in [-0.39, 0.29) is 29.6 Å². The number of aromatic amines is 1. The van der Waals surface area contributed by atoms with Crippen molar-refractivity contribution in [1.29, 1.82) is 0 Å². The lowest BCUT2D eigenvalue weighted by Gasteiger charge is -2.35. The molecule has 0 bridgehead atoms. The smallest absolute Gasteiger partial charge is 0.258 e. The number of aryl methyl sites for hydroxylation is 1. The summed E-state index contributed by atoms with van der Waals surface area (Å²) in [6, 6.07) is 3.45. The molecule has 4 aromatic rings. The lowest BCUT2D eigenvalue weighted by Crippen LogP contribution is -2.42. The molecule has 6 rings (SSSR count). The minimum absolute atomic E-state index is 0.0749. The molecule has 0 atom stereocenters. The second kappa shape index (κ2) is 6.90. The first-order chi connectivity index (χ1) is 15.4. The number of rotatable bonds is 3. The van der Waals surface area contributed by atoms with E-state index in [0.717, 1.165) is 5.69 Å². The van der Waals surface area contributed by atoms with E-state index in [9.17, 15) is 4.79 Å². The molecule has 9 heteroatoms. The molecule has 1 N–H and O–H groups in total. The van der Waals surface area contributed by atoms with Crippen molar-refractivity contribution in [2.45, 2.75) is 44.3 Å². The predicted molar refractivity (Wildman–Crippen MR) is 116 cm³/mol. The van der Waals surface area contributed by atoms with E-state index < -0.39 is 17.0 Å². The Morgan fingerprint density at radius 3 is 2.66 bits per heavy atom. The van der Waals surface area contributed by atoms with Crippen molar-refractivity contribution in [1.82, 2.24) is 29.2 Å².